The van der Waals surface area contributed by atoms with Gasteiger partial charge >= 0.3 is 6.09 Å². The van der Waals surface area contributed by atoms with E-state index in [2.05, 4.69) is 28.2 Å². The van der Waals surface area contributed by atoms with Gasteiger partial charge in [0.1, 0.15) is 0 Å². The Morgan fingerprint density at radius 3 is 2.85 bits per heavy atom. The average Bonchev–Trinajstić information content (AvgIpc) is 2.39. The minimum Gasteiger partial charge on any atom is -0.449 e. The van der Waals surface area contributed by atoms with Crippen LogP contribution in [0.4, 0.5) is 10.5 Å². The lowest BCUT2D eigenvalue weighted by molar-refractivity contribution is 0.150. The van der Waals surface area contributed by atoms with Gasteiger partial charge < -0.3 is 10.1 Å². The number of hydrogen-bond donors (Lipinski definition) is 1. The molecule has 1 unspecified atom stereocenters. The molecule has 0 saturated heterocycles. The summed E-state index contributed by atoms with van der Waals surface area (Å²) in [6, 6.07) is 7.71. The molecule has 1 aromatic carbocycles. The number of halogens is 1. The Hall–Kier alpha value is -1.07. The van der Waals surface area contributed by atoms with E-state index < -0.39 is 0 Å². The number of nitrogens with zero attached hydrogens (tertiary/aromatic N) is 1. The van der Waals surface area contributed by atoms with Crippen molar-refractivity contribution in [2.75, 3.05) is 25.1 Å². The molecule has 0 spiro atoms. The van der Waals surface area contributed by atoms with Crippen molar-refractivity contribution in [3.63, 3.8) is 0 Å². The number of likely N-dealkylation sites (N-methyl/N-ethyl adjacent to an activating group) is 1. The number of hydrogen-bond acceptors (Lipinski definition) is 3. The molecule has 20 heavy (non-hydrogen) atoms. The second-order valence-electron chi connectivity index (χ2n) is 4.72. The average molecular weight is 343 g/mol. The highest BCUT2D eigenvalue weighted by Gasteiger charge is 2.23. The molecule has 0 fully saturated rings. The summed E-state index contributed by atoms with van der Waals surface area (Å²) in [6.07, 6.45) is 1.61. The number of unbranched alkanes of at least 4 members (excludes halogenated alkanes) is 1. The fourth-order valence-electron chi connectivity index (χ4n) is 1.93. The predicted molar refractivity (Wildman–Crippen MR) is 86.3 cm³/mol. The summed E-state index contributed by atoms with van der Waals surface area (Å²) < 4.78 is 6.29. The number of anilines is 1. The minimum absolute atomic E-state index is 0.0171. The van der Waals surface area contributed by atoms with E-state index in [9.17, 15) is 4.79 Å². The quantitative estimate of drug-likeness (QED) is 0.766. The van der Waals surface area contributed by atoms with Crippen LogP contribution < -0.4 is 10.2 Å². The van der Waals surface area contributed by atoms with E-state index in [0.29, 0.717) is 13.2 Å². The third-order valence-electron chi connectivity index (χ3n) is 2.95. The van der Waals surface area contributed by atoms with Crippen LogP contribution >= 0.6 is 15.9 Å². The van der Waals surface area contributed by atoms with Gasteiger partial charge in [0.25, 0.3) is 0 Å². The molecule has 0 heterocycles. The van der Waals surface area contributed by atoms with Crippen LogP contribution in [0.1, 0.15) is 26.7 Å². The SMILES string of the molecule is CCCCOC(=O)N(c1cccc(Br)c1)C(C)CNC. The van der Waals surface area contributed by atoms with Crippen molar-refractivity contribution in [3.8, 4) is 0 Å². The molecule has 0 radical (unpaired) electrons. The molecule has 112 valence electrons. The highest BCUT2D eigenvalue weighted by Crippen LogP contribution is 2.22. The van der Waals surface area contributed by atoms with Crippen molar-refractivity contribution >= 4 is 27.7 Å². The molecule has 1 amide bonds. The van der Waals surface area contributed by atoms with Crippen LogP contribution in [0.3, 0.4) is 0 Å². The van der Waals surface area contributed by atoms with Crippen LogP contribution in [0, 0.1) is 0 Å². The smallest absolute Gasteiger partial charge is 0.414 e. The van der Waals surface area contributed by atoms with Crippen molar-refractivity contribution < 1.29 is 9.53 Å². The summed E-state index contributed by atoms with van der Waals surface area (Å²) >= 11 is 3.44. The molecule has 0 aromatic heterocycles. The van der Waals surface area contributed by atoms with Gasteiger partial charge in [-0.05, 0) is 38.6 Å². The van der Waals surface area contributed by atoms with Gasteiger partial charge in [-0.25, -0.2) is 4.79 Å². The lowest BCUT2D eigenvalue weighted by Crippen LogP contribution is -2.44. The Kier molecular flexibility index (Phi) is 7.62. The molecule has 1 atom stereocenters. The first-order chi connectivity index (χ1) is 9.60. The number of carbonyl (C=O) groups excluding carboxylic acids is 1. The third kappa shape index (κ3) is 5.13. The first-order valence-corrected chi connectivity index (χ1v) is 7.75. The number of nitrogens with one attached hydrogen (secondary N) is 1. The number of benzene rings is 1. The van der Waals surface area contributed by atoms with Crippen LogP contribution in [0.2, 0.25) is 0 Å². The Morgan fingerprint density at radius 1 is 1.50 bits per heavy atom. The summed E-state index contributed by atoms with van der Waals surface area (Å²) in [4.78, 5) is 14.0. The van der Waals surface area contributed by atoms with E-state index in [0.717, 1.165) is 23.0 Å². The fraction of sp³-hybridized carbons (Fsp3) is 0.533. The second kappa shape index (κ2) is 8.97. The molecule has 4 nitrogen and oxygen atoms in total. The summed E-state index contributed by atoms with van der Waals surface area (Å²) in [5, 5.41) is 3.09. The fourth-order valence-corrected chi connectivity index (χ4v) is 2.31. The molecule has 1 aromatic rings. The van der Waals surface area contributed by atoms with Crippen LogP contribution in [0.15, 0.2) is 28.7 Å². The van der Waals surface area contributed by atoms with E-state index in [4.69, 9.17) is 4.74 Å². The van der Waals surface area contributed by atoms with Gasteiger partial charge in [0.05, 0.1) is 6.61 Å². The molecule has 0 aliphatic heterocycles. The molecular formula is C15H23BrN2O2. The van der Waals surface area contributed by atoms with Crippen molar-refractivity contribution in [1.82, 2.24) is 5.32 Å². The van der Waals surface area contributed by atoms with Crippen LogP contribution in [0.5, 0.6) is 0 Å². The minimum atomic E-state index is -0.292. The first kappa shape index (κ1) is 17.0. The molecule has 0 saturated carbocycles. The van der Waals surface area contributed by atoms with E-state index >= 15 is 0 Å². The van der Waals surface area contributed by atoms with Crippen LogP contribution in [-0.4, -0.2) is 32.3 Å². The van der Waals surface area contributed by atoms with Crippen molar-refractivity contribution in [1.29, 1.82) is 0 Å². The zero-order chi connectivity index (χ0) is 15.0. The summed E-state index contributed by atoms with van der Waals surface area (Å²) in [7, 11) is 1.87. The van der Waals surface area contributed by atoms with E-state index in [1.807, 2.05) is 38.2 Å². The van der Waals surface area contributed by atoms with Crippen LogP contribution in [-0.2, 0) is 4.74 Å². The van der Waals surface area contributed by atoms with Crippen molar-refractivity contribution in [2.45, 2.75) is 32.7 Å². The zero-order valence-corrected chi connectivity index (χ0v) is 13.9. The highest BCUT2D eigenvalue weighted by atomic mass is 79.9. The van der Waals surface area contributed by atoms with E-state index in [1.54, 1.807) is 4.90 Å². The van der Waals surface area contributed by atoms with Gasteiger partial charge in [-0.3, -0.25) is 4.90 Å². The molecular weight excluding hydrogens is 320 g/mol. The number of ether oxygens (including phenoxy) is 1. The maximum Gasteiger partial charge on any atom is 0.414 e. The van der Waals surface area contributed by atoms with E-state index in [-0.39, 0.29) is 12.1 Å². The predicted octanol–water partition coefficient (Wildman–Crippen LogP) is 3.80. The van der Waals surface area contributed by atoms with Crippen molar-refractivity contribution in [3.05, 3.63) is 28.7 Å². The lowest BCUT2D eigenvalue weighted by atomic mass is 10.2. The summed E-state index contributed by atoms with van der Waals surface area (Å²) in [6.45, 7) is 5.24. The number of carbonyl (C=O) groups is 1. The Labute approximate surface area is 129 Å². The van der Waals surface area contributed by atoms with Crippen LogP contribution in [0.25, 0.3) is 0 Å². The number of rotatable bonds is 7. The standard InChI is InChI=1S/C15H23BrN2O2/c1-4-5-9-20-15(19)18(12(2)11-17-3)14-8-6-7-13(16)10-14/h6-8,10,12,17H,4-5,9,11H2,1-3H3. The summed E-state index contributed by atoms with van der Waals surface area (Å²) in [5.41, 5.74) is 0.837. The van der Waals surface area contributed by atoms with Gasteiger partial charge in [0.15, 0.2) is 0 Å². The normalized spacial score (nSPS) is 12.0. The topological polar surface area (TPSA) is 41.6 Å². The maximum absolute atomic E-state index is 12.3. The maximum atomic E-state index is 12.3. The van der Waals surface area contributed by atoms with Gasteiger partial charge in [0.2, 0.25) is 0 Å². The highest BCUT2D eigenvalue weighted by molar-refractivity contribution is 9.10. The summed E-state index contributed by atoms with van der Waals surface area (Å²) in [5.74, 6) is 0. The van der Waals surface area contributed by atoms with Gasteiger partial charge in [-0.1, -0.05) is 35.3 Å². The first-order valence-electron chi connectivity index (χ1n) is 6.96. The zero-order valence-electron chi connectivity index (χ0n) is 12.4. The molecule has 0 aliphatic rings. The Morgan fingerprint density at radius 2 is 2.25 bits per heavy atom. The molecule has 1 N–H and O–H groups in total. The lowest BCUT2D eigenvalue weighted by Gasteiger charge is -2.28. The van der Waals surface area contributed by atoms with Gasteiger partial charge in [-0.15, -0.1) is 0 Å². The van der Waals surface area contributed by atoms with Crippen molar-refractivity contribution in [2.24, 2.45) is 0 Å². The molecule has 0 aliphatic carbocycles. The Balaban J connectivity index is 2.87. The molecule has 1 rings (SSSR count). The molecule has 0 bridgehead atoms. The third-order valence-corrected chi connectivity index (χ3v) is 3.44. The van der Waals surface area contributed by atoms with Gasteiger partial charge in [0, 0.05) is 22.7 Å². The monoisotopic (exact) mass is 342 g/mol. The molecule has 5 heteroatoms. The second-order valence-corrected chi connectivity index (χ2v) is 5.64. The Bertz CT molecular complexity index is 426. The largest absolute Gasteiger partial charge is 0.449 e. The van der Waals surface area contributed by atoms with E-state index in [1.165, 1.54) is 0 Å². The van der Waals surface area contributed by atoms with Gasteiger partial charge in [-0.2, -0.15) is 0 Å². The number of amides is 1.